The monoisotopic (exact) mass is 207 g/mol. The molecule has 0 atom stereocenters. The van der Waals surface area contributed by atoms with Crippen molar-refractivity contribution in [3.05, 3.63) is 59.4 Å². The molecule has 1 N–H and O–H groups in total. The number of aromatic amines is 1. The zero-order valence-electron chi connectivity index (χ0n) is 7.63. The summed E-state index contributed by atoms with van der Waals surface area (Å²) in [6.07, 6.45) is 2.92. The van der Waals surface area contributed by atoms with Crippen LogP contribution < -0.4 is 0 Å². The maximum absolute atomic E-state index is 13.2. The van der Waals surface area contributed by atoms with Crippen molar-refractivity contribution in [1.29, 1.82) is 0 Å². The molecule has 0 amide bonds. The van der Waals surface area contributed by atoms with E-state index in [-0.39, 0.29) is 5.56 Å². The number of hydrogen-bond donors (Lipinski definition) is 1. The van der Waals surface area contributed by atoms with Gasteiger partial charge in [-0.2, -0.15) is 0 Å². The van der Waals surface area contributed by atoms with Crippen molar-refractivity contribution in [2.24, 2.45) is 0 Å². The first-order chi connectivity index (χ1) is 7.20. The van der Waals surface area contributed by atoms with Crippen LogP contribution in [0.2, 0.25) is 0 Å². The standard InChI is InChI=1S/C11H7F2NO/c12-8-2-1-3-9(13)10(8)11(15)7-4-5-14-6-7/h1-6,14H. The number of H-pyrrole nitrogens is 1. The van der Waals surface area contributed by atoms with Gasteiger partial charge in [0.15, 0.2) is 5.78 Å². The minimum atomic E-state index is -0.846. The predicted molar refractivity (Wildman–Crippen MR) is 50.6 cm³/mol. The zero-order chi connectivity index (χ0) is 10.8. The Kier molecular flexibility index (Phi) is 2.33. The lowest BCUT2D eigenvalue weighted by Gasteiger charge is -2.01. The van der Waals surface area contributed by atoms with E-state index in [2.05, 4.69) is 4.98 Å². The van der Waals surface area contributed by atoms with Crippen LogP contribution in [0.5, 0.6) is 0 Å². The molecule has 2 rings (SSSR count). The highest BCUT2D eigenvalue weighted by molar-refractivity contribution is 6.09. The van der Waals surface area contributed by atoms with E-state index in [9.17, 15) is 13.6 Å². The third-order valence-electron chi connectivity index (χ3n) is 2.05. The summed E-state index contributed by atoms with van der Waals surface area (Å²) in [5.74, 6) is -2.35. The summed E-state index contributed by atoms with van der Waals surface area (Å²) in [4.78, 5) is 14.3. The highest BCUT2D eigenvalue weighted by Gasteiger charge is 2.18. The Balaban J connectivity index is 2.51. The largest absolute Gasteiger partial charge is 0.367 e. The SMILES string of the molecule is O=C(c1cc[nH]c1)c1c(F)cccc1F. The quantitative estimate of drug-likeness (QED) is 0.754. The second kappa shape index (κ2) is 3.65. The highest BCUT2D eigenvalue weighted by Crippen LogP contribution is 2.16. The van der Waals surface area contributed by atoms with E-state index in [4.69, 9.17) is 0 Å². The molecule has 76 valence electrons. The Bertz CT molecular complexity index is 471. The minimum absolute atomic E-state index is 0.235. The molecule has 0 fully saturated rings. The number of ketones is 1. The fraction of sp³-hybridized carbons (Fsp3) is 0. The van der Waals surface area contributed by atoms with Gasteiger partial charge in [0, 0.05) is 18.0 Å². The molecule has 0 bridgehead atoms. The lowest BCUT2D eigenvalue weighted by molar-refractivity contribution is 0.103. The van der Waals surface area contributed by atoms with Gasteiger partial charge in [-0.1, -0.05) is 6.07 Å². The first-order valence-corrected chi connectivity index (χ1v) is 4.31. The molecule has 0 aliphatic heterocycles. The topological polar surface area (TPSA) is 32.9 Å². The first-order valence-electron chi connectivity index (χ1n) is 4.31. The molecule has 2 nitrogen and oxygen atoms in total. The third-order valence-corrected chi connectivity index (χ3v) is 2.05. The van der Waals surface area contributed by atoms with Crippen LogP contribution in [0.1, 0.15) is 15.9 Å². The first kappa shape index (κ1) is 9.58. The maximum Gasteiger partial charge on any atom is 0.200 e. The summed E-state index contributed by atoms with van der Waals surface area (Å²) < 4.78 is 26.4. The summed E-state index contributed by atoms with van der Waals surface area (Å²) in [5, 5.41) is 0. The molecule has 0 saturated carbocycles. The molecular weight excluding hydrogens is 200 g/mol. The van der Waals surface area contributed by atoms with E-state index in [1.807, 2.05) is 0 Å². The summed E-state index contributed by atoms with van der Waals surface area (Å²) in [6, 6.07) is 4.80. The molecule has 0 unspecified atom stereocenters. The van der Waals surface area contributed by atoms with Crippen molar-refractivity contribution in [3.63, 3.8) is 0 Å². The molecule has 1 aromatic carbocycles. The molecule has 0 spiro atoms. The van der Waals surface area contributed by atoms with Crippen LogP contribution in [0.3, 0.4) is 0 Å². The van der Waals surface area contributed by atoms with Gasteiger partial charge in [0.25, 0.3) is 0 Å². The summed E-state index contributed by atoms with van der Waals surface area (Å²) in [5.41, 5.74) is -0.281. The maximum atomic E-state index is 13.2. The van der Waals surface area contributed by atoms with Crippen LogP contribution in [0.25, 0.3) is 0 Å². The predicted octanol–water partition coefficient (Wildman–Crippen LogP) is 2.52. The second-order valence-corrected chi connectivity index (χ2v) is 3.03. The number of carbonyl (C=O) groups excluding carboxylic acids is 1. The molecule has 15 heavy (non-hydrogen) atoms. The van der Waals surface area contributed by atoms with Crippen LogP contribution in [0.4, 0.5) is 8.78 Å². The average Bonchev–Trinajstić information content (AvgIpc) is 2.69. The van der Waals surface area contributed by atoms with Crippen molar-refractivity contribution in [3.8, 4) is 0 Å². The number of aromatic nitrogens is 1. The van der Waals surface area contributed by atoms with Gasteiger partial charge in [-0.3, -0.25) is 4.79 Å². The Hall–Kier alpha value is -1.97. The van der Waals surface area contributed by atoms with E-state index in [1.54, 1.807) is 0 Å². The second-order valence-electron chi connectivity index (χ2n) is 3.03. The van der Waals surface area contributed by atoms with Gasteiger partial charge in [0.05, 0.1) is 5.56 Å². The Labute approximate surface area is 84.6 Å². The lowest BCUT2D eigenvalue weighted by Crippen LogP contribution is -2.06. The summed E-state index contributed by atoms with van der Waals surface area (Å²) in [6.45, 7) is 0. The minimum Gasteiger partial charge on any atom is -0.367 e. The van der Waals surface area contributed by atoms with Crippen LogP contribution in [0, 0.1) is 11.6 Å². The van der Waals surface area contributed by atoms with Crippen LogP contribution in [-0.4, -0.2) is 10.8 Å². The van der Waals surface area contributed by atoms with Crippen molar-refractivity contribution in [1.82, 2.24) is 4.98 Å². The van der Waals surface area contributed by atoms with Crippen molar-refractivity contribution in [2.45, 2.75) is 0 Å². The fourth-order valence-corrected chi connectivity index (χ4v) is 1.32. The Morgan fingerprint density at radius 3 is 2.33 bits per heavy atom. The Morgan fingerprint density at radius 1 is 1.13 bits per heavy atom. The summed E-state index contributed by atoms with van der Waals surface area (Å²) in [7, 11) is 0. The Morgan fingerprint density at radius 2 is 1.80 bits per heavy atom. The normalized spacial score (nSPS) is 10.3. The number of hydrogen-bond acceptors (Lipinski definition) is 1. The van der Waals surface area contributed by atoms with E-state index < -0.39 is 23.0 Å². The van der Waals surface area contributed by atoms with Crippen LogP contribution >= 0.6 is 0 Å². The van der Waals surface area contributed by atoms with Gasteiger partial charge >= 0.3 is 0 Å². The molecule has 4 heteroatoms. The van der Waals surface area contributed by atoms with Crippen molar-refractivity contribution in [2.75, 3.05) is 0 Å². The summed E-state index contributed by atoms with van der Waals surface area (Å²) >= 11 is 0. The third kappa shape index (κ3) is 1.66. The number of rotatable bonds is 2. The van der Waals surface area contributed by atoms with Crippen LogP contribution in [0.15, 0.2) is 36.7 Å². The van der Waals surface area contributed by atoms with Crippen LogP contribution in [-0.2, 0) is 0 Å². The van der Waals surface area contributed by atoms with Crippen molar-refractivity contribution < 1.29 is 13.6 Å². The van der Waals surface area contributed by atoms with Gasteiger partial charge in [0.2, 0.25) is 0 Å². The number of nitrogens with one attached hydrogen (secondary N) is 1. The van der Waals surface area contributed by atoms with E-state index >= 15 is 0 Å². The van der Waals surface area contributed by atoms with E-state index in [1.165, 1.54) is 24.5 Å². The molecule has 1 heterocycles. The smallest absolute Gasteiger partial charge is 0.200 e. The van der Waals surface area contributed by atoms with Gasteiger partial charge in [-0.25, -0.2) is 8.78 Å². The number of benzene rings is 1. The molecule has 0 aliphatic rings. The lowest BCUT2D eigenvalue weighted by atomic mass is 10.1. The van der Waals surface area contributed by atoms with E-state index in [0.29, 0.717) is 0 Å². The molecule has 1 aromatic heterocycles. The number of carbonyl (C=O) groups is 1. The number of halogens is 2. The van der Waals surface area contributed by atoms with Gasteiger partial charge < -0.3 is 4.98 Å². The molecule has 0 aliphatic carbocycles. The molecule has 0 radical (unpaired) electrons. The van der Waals surface area contributed by atoms with Gasteiger partial charge in [0.1, 0.15) is 11.6 Å². The fourth-order valence-electron chi connectivity index (χ4n) is 1.32. The van der Waals surface area contributed by atoms with E-state index in [0.717, 1.165) is 12.1 Å². The van der Waals surface area contributed by atoms with Gasteiger partial charge in [-0.05, 0) is 18.2 Å². The van der Waals surface area contributed by atoms with Crippen molar-refractivity contribution >= 4 is 5.78 Å². The average molecular weight is 207 g/mol. The highest BCUT2D eigenvalue weighted by atomic mass is 19.1. The zero-order valence-corrected chi connectivity index (χ0v) is 7.63. The molecule has 2 aromatic rings. The van der Waals surface area contributed by atoms with Gasteiger partial charge in [-0.15, -0.1) is 0 Å². The molecule has 0 saturated heterocycles. The molecular formula is C11H7F2NO.